The van der Waals surface area contributed by atoms with Gasteiger partial charge in [-0.3, -0.25) is 0 Å². The molecule has 2 aliphatic rings. The third-order valence-electron chi connectivity index (χ3n) is 8.80. The summed E-state index contributed by atoms with van der Waals surface area (Å²) in [6.07, 6.45) is 5.92. The van der Waals surface area contributed by atoms with E-state index in [0.29, 0.717) is 3.63 Å². The van der Waals surface area contributed by atoms with Crippen molar-refractivity contribution in [2.75, 3.05) is 0 Å². The van der Waals surface area contributed by atoms with Crippen LogP contribution in [0.25, 0.3) is 16.7 Å². The van der Waals surface area contributed by atoms with Crippen LogP contribution in [0.4, 0.5) is 0 Å². The van der Waals surface area contributed by atoms with Gasteiger partial charge in [0, 0.05) is 0 Å². The summed E-state index contributed by atoms with van der Waals surface area (Å²) in [7, 11) is 0. The van der Waals surface area contributed by atoms with Crippen molar-refractivity contribution in [3.8, 4) is 11.1 Å². The molecule has 0 fully saturated rings. The molecule has 5 aromatic carbocycles. The number of allylic oxidation sites excluding steroid dienone is 4. The predicted molar refractivity (Wildman–Crippen MR) is 190 cm³/mol. The van der Waals surface area contributed by atoms with Gasteiger partial charge in [0.2, 0.25) is 0 Å². The Labute approximate surface area is 282 Å². The van der Waals surface area contributed by atoms with Gasteiger partial charge in [-0.2, -0.15) is 0 Å². The molecule has 0 radical (unpaired) electrons. The fourth-order valence-corrected chi connectivity index (χ4v) is 16.5. The van der Waals surface area contributed by atoms with Crippen molar-refractivity contribution in [2.24, 2.45) is 0 Å². The molecule has 0 saturated heterocycles. The Balaban J connectivity index is 0.00000192. The Bertz CT molecular complexity index is 1790. The van der Waals surface area contributed by atoms with E-state index in [1.54, 1.807) is 6.49 Å². The smallest absolute Gasteiger partial charge is 0.147 e. The molecule has 2 aliphatic carbocycles. The molecular formula is C41H38Cl2Zr. The molecule has 5 aromatic rings. The normalized spacial score (nSPS) is 13.5. The van der Waals surface area contributed by atoms with Gasteiger partial charge in [0.15, 0.2) is 0 Å². The monoisotopic (exact) mass is 690 g/mol. The van der Waals surface area contributed by atoms with Crippen LogP contribution >= 0.6 is 24.8 Å². The molecule has 0 unspecified atom stereocenters. The molecule has 0 spiro atoms. The molecular weight excluding hydrogens is 655 g/mol. The predicted octanol–water partition coefficient (Wildman–Crippen LogP) is 11.2. The Kier molecular flexibility index (Phi) is 9.91. The van der Waals surface area contributed by atoms with Crippen LogP contribution < -0.4 is 0 Å². The maximum Gasteiger partial charge on any atom is -0.147 e. The summed E-state index contributed by atoms with van der Waals surface area (Å²) in [6, 6.07) is 50.1. The van der Waals surface area contributed by atoms with Gasteiger partial charge in [-0.05, 0) is 0 Å². The molecule has 0 amide bonds. The second-order valence-electron chi connectivity index (χ2n) is 12.4. The van der Waals surface area contributed by atoms with Crippen molar-refractivity contribution >= 4 is 33.6 Å². The van der Waals surface area contributed by atoms with Gasteiger partial charge in [0.25, 0.3) is 0 Å². The Morgan fingerprint density at radius 3 is 1.55 bits per heavy atom. The van der Waals surface area contributed by atoms with E-state index in [1.807, 2.05) is 0 Å². The first-order valence-corrected chi connectivity index (χ1v) is 18.9. The summed E-state index contributed by atoms with van der Waals surface area (Å²) < 4.78 is 3.70. The van der Waals surface area contributed by atoms with Crippen molar-refractivity contribution in [1.82, 2.24) is 0 Å². The average molecular weight is 693 g/mol. The van der Waals surface area contributed by atoms with E-state index in [2.05, 4.69) is 166 Å². The third kappa shape index (κ3) is 5.83. The Hall–Kier alpha value is -3.09. The van der Waals surface area contributed by atoms with Gasteiger partial charge in [-0.25, -0.2) is 0 Å². The van der Waals surface area contributed by atoms with E-state index in [1.165, 1.54) is 50.1 Å². The van der Waals surface area contributed by atoms with Crippen LogP contribution in [0.1, 0.15) is 64.2 Å². The number of benzene rings is 5. The summed E-state index contributed by atoms with van der Waals surface area (Å²) in [6.45, 7) is 7.04. The quantitative estimate of drug-likeness (QED) is 0.172. The van der Waals surface area contributed by atoms with Gasteiger partial charge >= 0.3 is 260 Å². The molecule has 0 N–H and O–H groups in total. The van der Waals surface area contributed by atoms with E-state index in [-0.39, 0.29) is 30.2 Å². The molecule has 0 nitrogen and oxygen atoms in total. The van der Waals surface area contributed by atoms with Crippen molar-refractivity contribution in [3.05, 3.63) is 182 Å². The molecule has 0 saturated carbocycles. The van der Waals surface area contributed by atoms with E-state index in [4.69, 9.17) is 0 Å². The molecule has 0 bridgehead atoms. The summed E-state index contributed by atoms with van der Waals surface area (Å²) in [5.41, 5.74) is 13.0. The van der Waals surface area contributed by atoms with E-state index < -0.39 is 21.3 Å². The molecule has 7 rings (SSSR count). The molecule has 44 heavy (non-hydrogen) atoms. The first-order chi connectivity index (χ1) is 20.5. The van der Waals surface area contributed by atoms with Crippen LogP contribution in [0.15, 0.2) is 149 Å². The van der Waals surface area contributed by atoms with Crippen LogP contribution in [-0.4, -0.2) is 3.21 Å². The summed E-state index contributed by atoms with van der Waals surface area (Å²) >= 11 is -2.82. The molecule has 3 heteroatoms. The fraction of sp³-hybridized carbons (Fsp3) is 0.146. The van der Waals surface area contributed by atoms with Crippen molar-refractivity contribution in [3.63, 3.8) is 0 Å². The summed E-state index contributed by atoms with van der Waals surface area (Å²) in [5.74, 6) is 0. The van der Waals surface area contributed by atoms with Crippen LogP contribution in [0.5, 0.6) is 0 Å². The van der Waals surface area contributed by atoms with E-state index in [0.717, 1.165) is 6.42 Å². The molecule has 0 aliphatic heterocycles. The first kappa shape index (κ1) is 32.3. The maximum atomic E-state index is 2.45. The fourth-order valence-electron chi connectivity index (χ4n) is 7.01. The van der Waals surface area contributed by atoms with Crippen molar-refractivity contribution in [1.29, 1.82) is 0 Å². The number of hydrogen-bond donors (Lipinski definition) is 0. The minimum Gasteiger partial charge on any atom is -0.147 e. The minimum atomic E-state index is -2.82. The third-order valence-corrected chi connectivity index (χ3v) is 17.3. The Morgan fingerprint density at radius 1 is 0.568 bits per heavy atom. The summed E-state index contributed by atoms with van der Waals surface area (Å²) in [5, 5.41) is 0. The van der Waals surface area contributed by atoms with E-state index >= 15 is 0 Å². The largest absolute Gasteiger partial charge is 0.147 e. The molecule has 0 heterocycles. The zero-order valence-electron chi connectivity index (χ0n) is 25.5. The first-order valence-electron chi connectivity index (χ1n) is 15.1. The van der Waals surface area contributed by atoms with Crippen LogP contribution in [0.3, 0.4) is 0 Å². The second kappa shape index (κ2) is 13.5. The van der Waals surface area contributed by atoms with E-state index in [9.17, 15) is 0 Å². The topological polar surface area (TPSA) is 0 Å². The van der Waals surface area contributed by atoms with Gasteiger partial charge in [-0.1, -0.05) is 0 Å². The van der Waals surface area contributed by atoms with Gasteiger partial charge in [0.1, 0.15) is 0 Å². The van der Waals surface area contributed by atoms with Crippen molar-refractivity contribution < 1.29 is 21.3 Å². The molecule has 0 atom stereocenters. The number of hydrogen-bond acceptors (Lipinski definition) is 0. The minimum absolute atomic E-state index is 0. The van der Waals surface area contributed by atoms with Gasteiger partial charge in [-0.15, -0.1) is 24.8 Å². The maximum absolute atomic E-state index is 2.82. The zero-order chi connectivity index (χ0) is 28.7. The van der Waals surface area contributed by atoms with Crippen molar-refractivity contribution in [2.45, 2.75) is 36.2 Å². The number of rotatable bonds is 5. The van der Waals surface area contributed by atoms with Crippen LogP contribution in [0, 0.1) is 0 Å². The van der Waals surface area contributed by atoms with Gasteiger partial charge in [0.05, 0.1) is 0 Å². The van der Waals surface area contributed by atoms with Gasteiger partial charge < -0.3 is 0 Å². The SMILES string of the molecule is CC(C)(C)c1ccccc1C1=[C]([Zr](=[C](c2ccccc2)c2ccccc2)[CH]2c3ccccc3-c3ccccc32)CC=C1.Cl.Cl. The zero-order valence-corrected chi connectivity index (χ0v) is 29.5. The molecule has 220 valence electrons. The summed E-state index contributed by atoms with van der Waals surface area (Å²) in [4.78, 5) is 0. The second-order valence-corrected chi connectivity index (χ2v) is 18.6. The standard InChI is InChI=1S/C15H17.C13H9.C13H10.2ClH.Zr/c1-15(2,3)14-11-7-6-10-13(14)12-8-4-5-9-12;1-3-7-12-10(5-1)9-11-6-2-4-8-13(11)12;1-3-7-12(8-4-1)11-13-9-5-2-6-10-13;;;/h4,6-8,10-11H,5H2,1-3H3;1-9H;1-10H;2*1H;. The Morgan fingerprint density at radius 2 is 1.02 bits per heavy atom. The van der Waals surface area contributed by atoms with Crippen LogP contribution in [-0.2, 0) is 26.7 Å². The number of fused-ring (bicyclic) bond motifs is 3. The average Bonchev–Trinajstić information content (AvgIpc) is 3.64. The molecule has 0 aromatic heterocycles. The number of halogens is 2. The van der Waals surface area contributed by atoms with Crippen LogP contribution in [0.2, 0.25) is 0 Å².